The summed E-state index contributed by atoms with van der Waals surface area (Å²) in [6.07, 6.45) is 0.660. The molecular formula is C22H21FN4O2. The zero-order valence-electron chi connectivity index (χ0n) is 16.3. The molecule has 0 radical (unpaired) electrons. The molecule has 0 bridgehead atoms. The largest absolute Gasteiger partial charge is 0.447 e. The molecule has 29 heavy (non-hydrogen) atoms. The highest BCUT2D eigenvalue weighted by Gasteiger charge is 2.30. The maximum absolute atomic E-state index is 13.6. The minimum atomic E-state index is -0.515. The van der Waals surface area contributed by atoms with Crippen LogP contribution in [0, 0.1) is 17.3 Å². The highest BCUT2D eigenvalue weighted by Crippen LogP contribution is 2.34. The van der Waals surface area contributed by atoms with Gasteiger partial charge in [0.2, 0.25) is 5.95 Å². The van der Waals surface area contributed by atoms with Gasteiger partial charge in [0.05, 0.1) is 30.0 Å². The molecular weight excluding hydrogens is 371 g/mol. The number of hydrogen-bond donors (Lipinski definition) is 1. The van der Waals surface area contributed by atoms with Crippen LogP contribution in [0.2, 0.25) is 0 Å². The number of fused-ring (bicyclic) bond motifs is 3. The summed E-state index contributed by atoms with van der Waals surface area (Å²) >= 11 is 0. The van der Waals surface area contributed by atoms with E-state index in [4.69, 9.17) is 4.74 Å². The van der Waals surface area contributed by atoms with Crippen molar-refractivity contribution in [1.82, 2.24) is 14.9 Å². The Balaban J connectivity index is 1.70. The Morgan fingerprint density at radius 2 is 2.21 bits per heavy atom. The van der Waals surface area contributed by atoms with Crippen LogP contribution >= 0.6 is 0 Å². The second-order valence-corrected chi connectivity index (χ2v) is 7.51. The van der Waals surface area contributed by atoms with Crippen LogP contribution in [-0.4, -0.2) is 27.8 Å². The number of carbonyl (C=O) groups excluding carboxylic acids is 1. The quantitative estimate of drug-likeness (QED) is 0.687. The summed E-state index contributed by atoms with van der Waals surface area (Å²) in [7, 11) is 0. The Morgan fingerprint density at radius 1 is 1.38 bits per heavy atom. The summed E-state index contributed by atoms with van der Waals surface area (Å²) in [6, 6.07) is 12.4. The van der Waals surface area contributed by atoms with E-state index in [9.17, 15) is 14.4 Å². The number of nitriles is 1. The van der Waals surface area contributed by atoms with Crippen molar-refractivity contribution in [2.75, 3.05) is 0 Å². The van der Waals surface area contributed by atoms with Gasteiger partial charge in [-0.15, -0.1) is 0 Å². The molecule has 0 aliphatic heterocycles. The van der Waals surface area contributed by atoms with Crippen LogP contribution in [0.1, 0.15) is 36.4 Å². The van der Waals surface area contributed by atoms with Gasteiger partial charge in [0.1, 0.15) is 0 Å². The topological polar surface area (TPSA) is 79.9 Å². The molecule has 148 valence electrons. The van der Waals surface area contributed by atoms with Crippen LogP contribution in [0.25, 0.3) is 10.9 Å². The second kappa shape index (κ2) is 7.55. The van der Waals surface area contributed by atoms with Gasteiger partial charge in [0.15, 0.2) is 0 Å². The average Bonchev–Trinajstić information content (AvgIpc) is 3.19. The summed E-state index contributed by atoms with van der Waals surface area (Å²) in [5.41, 5.74) is 4.34. The van der Waals surface area contributed by atoms with Crippen LogP contribution in [0.5, 0.6) is 0 Å². The van der Waals surface area contributed by atoms with Crippen LogP contribution < -0.4 is 5.32 Å². The van der Waals surface area contributed by atoms with Crippen molar-refractivity contribution in [3.8, 4) is 6.07 Å². The van der Waals surface area contributed by atoms with E-state index >= 15 is 0 Å². The molecule has 1 atom stereocenters. The number of halogens is 1. The highest BCUT2D eigenvalue weighted by atomic mass is 19.1. The van der Waals surface area contributed by atoms with E-state index in [-0.39, 0.29) is 12.1 Å². The fourth-order valence-corrected chi connectivity index (χ4v) is 3.96. The molecule has 1 amide bonds. The molecule has 0 fully saturated rings. The molecule has 4 rings (SSSR count). The van der Waals surface area contributed by atoms with E-state index < -0.39 is 12.0 Å². The third-order valence-electron chi connectivity index (χ3n) is 5.06. The predicted octanol–water partition coefficient (Wildman–Crippen LogP) is 3.70. The molecule has 6 nitrogen and oxygen atoms in total. The summed E-state index contributed by atoms with van der Waals surface area (Å²) in [5, 5.41) is 13.2. The second-order valence-electron chi connectivity index (χ2n) is 7.51. The van der Waals surface area contributed by atoms with Gasteiger partial charge >= 0.3 is 6.09 Å². The number of carbonyl (C=O) groups is 1. The number of benzene rings is 1. The molecule has 7 heteroatoms. The van der Waals surface area contributed by atoms with Crippen molar-refractivity contribution in [3.63, 3.8) is 0 Å². The van der Waals surface area contributed by atoms with Crippen molar-refractivity contribution in [3.05, 3.63) is 64.9 Å². The number of hydrogen-bond acceptors (Lipinski definition) is 4. The Kier molecular flexibility index (Phi) is 4.93. The van der Waals surface area contributed by atoms with Gasteiger partial charge in [-0.1, -0.05) is 6.07 Å². The van der Waals surface area contributed by atoms with Gasteiger partial charge in [0.25, 0.3) is 0 Å². The highest BCUT2D eigenvalue weighted by molar-refractivity contribution is 5.88. The number of nitrogens with zero attached hydrogens (tertiary/aromatic N) is 3. The lowest BCUT2D eigenvalue weighted by Crippen LogP contribution is -2.37. The predicted molar refractivity (Wildman–Crippen MR) is 106 cm³/mol. The number of ether oxygens (including phenoxy) is 1. The first-order chi connectivity index (χ1) is 13.9. The van der Waals surface area contributed by atoms with Gasteiger partial charge in [-0.2, -0.15) is 9.65 Å². The Labute approximate surface area is 167 Å². The summed E-state index contributed by atoms with van der Waals surface area (Å²) in [6.45, 7) is 4.03. The SMILES string of the molecule is CC(C)OC(=O)N[C@@H]1Cc2c(n(Cc3cccc(F)n3)c3ccc(C#N)cc23)C1. The fraction of sp³-hybridized carbons (Fsp3) is 0.318. The van der Waals surface area contributed by atoms with Crippen molar-refractivity contribution in [2.24, 2.45) is 0 Å². The number of nitrogens with one attached hydrogen (secondary N) is 1. The summed E-state index contributed by atoms with van der Waals surface area (Å²) in [5.74, 6) is -0.515. The molecule has 3 aromatic rings. The smallest absolute Gasteiger partial charge is 0.407 e. The molecule has 2 heterocycles. The third kappa shape index (κ3) is 3.79. The Hall–Kier alpha value is -3.40. The molecule has 0 unspecified atom stereocenters. The number of pyridine rings is 1. The Morgan fingerprint density at radius 3 is 2.93 bits per heavy atom. The van der Waals surface area contributed by atoms with E-state index in [0.717, 1.165) is 22.2 Å². The van der Waals surface area contributed by atoms with Gasteiger partial charge < -0.3 is 14.6 Å². The van der Waals surface area contributed by atoms with Crippen LogP contribution in [0.15, 0.2) is 36.4 Å². The van der Waals surface area contributed by atoms with E-state index in [0.29, 0.717) is 30.6 Å². The maximum atomic E-state index is 13.6. The lowest BCUT2D eigenvalue weighted by atomic mass is 10.1. The minimum Gasteiger partial charge on any atom is -0.447 e. The maximum Gasteiger partial charge on any atom is 0.407 e. The monoisotopic (exact) mass is 392 g/mol. The number of rotatable bonds is 4. The minimum absolute atomic E-state index is 0.0897. The molecule has 0 saturated carbocycles. The molecule has 1 aliphatic carbocycles. The van der Waals surface area contributed by atoms with Gasteiger partial charge in [-0.3, -0.25) is 0 Å². The standard InChI is InChI=1S/C22H21FN4O2/c1-13(2)29-22(28)26-16-9-18-17-8-14(11-24)6-7-19(17)27(20(18)10-16)12-15-4-3-5-21(23)25-15/h3-8,13,16H,9-10,12H2,1-2H3,(H,26,28)/t16-/m1/s1. The van der Waals surface area contributed by atoms with Crippen LogP contribution in [-0.2, 0) is 24.1 Å². The Bertz CT molecular complexity index is 1130. The first-order valence-corrected chi connectivity index (χ1v) is 9.57. The third-order valence-corrected chi connectivity index (χ3v) is 5.06. The van der Waals surface area contributed by atoms with E-state index in [2.05, 4.69) is 20.9 Å². The van der Waals surface area contributed by atoms with Crippen molar-refractivity contribution in [2.45, 2.75) is 45.4 Å². The fourth-order valence-electron chi connectivity index (χ4n) is 3.96. The molecule has 1 aliphatic rings. The molecule has 1 N–H and O–H groups in total. The van der Waals surface area contributed by atoms with Gasteiger partial charge in [-0.05, 0) is 56.2 Å². The molecule has 2 aromatic heterocycles. The van der Waals surface area contributed by atoms with E-state index in [1.54, 1.807) is 32.0 Å². The first kappa shape index (κ1) is 18.9. The van der Waals surface area contributed by atoms with Gasteiger partial charge in [-0.25, -0.2) is 9.78 Å². The summed E-state index contributed by atoms with van der Waals surface area (Å²) < 4.78 is 20.9. The molecule has 0 saturated heterocycles. The average molecular weight is 392 g/mol. The molecule has 1 aromatic carbocycles. The number of alkyl carbamates (subject to hydrolysis) is 1. The van der Waals surface area contributed by atoms with Crippen LogP contribution in [0.3, 0.4) is 0 Å². The number of amides is 1. The van der Waals surface area contributed by atoms with Crippen molar-refractivity contribution in [1.29, 1.82) is 5.26 Å². The van der Waals surface area contributed by atoms with E-state index in [1.165, 1.54) is 6.07 Å². The van der Waals surface area contributed by atoms with Gasteiger partial charge in [0, 0.05) is 29.1 Å². The van der Waals surface area contributed by atoms with Crippen LogP contribution in [0.4, 0.5) is 9.18 Å². The normalized spacial score (nSPS) is 15.3. The lowest BCUT2D eigenvalue weighted by Gasteiger charge is -2.16. The summed E-state index contributed by atoms with van der Waals surface area (Å²) in [4.78, 5) is 16.0. The number of aromatic nitrogens is 2. The van der Waals surface area contributed by atoms with Crippen molar-refractivity contribution < 1.29 is 13.9 Å². The first-order valence-electron chi connectivity index (χ1n) is 9.57. The lowest BCUT2D eigenvalue weighted by molar-refractivity contribution is 0.112. The zero-order valence-corrected chi connectivity index (χ0v) is 16.3. The molecule has 0 spiro atoms. The van der Waals surface area contributed by atoms with Crippen molar-refractivity contribution >= 4 is 17.0 Å². The van der Waals surface area contributed by atoms with E-state index in [1.807, 2.05) is 12.1 Å². The zero-order chi connectivity index (χ0) is 20.5.